The van der Waals surface area contributed by atoms with Crippen LogP contribution in [0.15, 0.2) is 0 Å². The van der Waals surface area contributed by atoms with Crippen LogP contribution in [-0.4, -0.2) is 328 Å². The number of nitrogens with one attached hydrogen (secondary N) is 5. The first kappa shape index (κ1) is 185. The molecule has 0 bridgehead atoms. The normalized spacial score (nSPS) is 12.5. The molecule has 17 N–H and O–H groups in total. The molecule has 0 aromatic rings. The molecule has 0 aliphatic heterocycles. The monoisotopic (exact) mass is 2240 g/mol. The number of aliphatic carboxylic acids is 4. The second-order valence-corrected chi connectivity index (χ2v) is 46.6. The standard InChI is InChI=1S/C12H24N2O3.4C12H26N2O.C10H21NO2.4C5H11NO.4C5H10O2.4ClH/c1-6-12(2,3)10(15)13-8-7-9-14(4,5)11(16)17;4*1-7-12(2,3)11(15)13-9-8-10-14(4,5)6;1-6-10(2,3)9(12)13-8-7-11(4)5;8*1-3-4(2)5(6)7;;;;/h6-9H2,1-5H3,(H-,13,15,16,17);4*7-10H2,1-6H3;6-8H2,1-5H3;4*4H,3H2,1-2H3,(H2,6,7);4*4H,3H2,1-2H3,(H,6,7);4*1H. The molecule has 0 radical (unpaired) electrons. The zero-order valence-electron chi connectivity index (χ0n) is 105. The third-order valence-corrected chi connectivity index (χ3v) is 25.1. The first-order chi connectivity index (χ1) is 65.7. The molecule has 0 aliphatic rings. The van der Waals surface area contributed by atoms with Crippen molar-refractivity contribution in [2.24, 2.45) is 103 Å². The van der Waals surface area contributed by atoms with Gasteiger partial charge in [0.05, 0.1) is 160 Å². The maximum atomic E-state index is 11.7. The summed E-state index contributed by atoms with van der Waals surface area (Å²) in [4.78, 5) is 163. The van der Waals surface area contributed by atoms with Crippen molar-refractivity contribution in [3.63, 3.8) is 0 Å². The molecule has 0 aromatic carbocycles. The summed E-state index contributed by atoms with van der Waals surface area (Å²) >= 11 is 0. The van der Waals surface area contributed by atoms with Gasteiger partial charge in [-0.25, -0.2) is 0 Å². The molecule has 40 heteroatoms. The van der Waals surface area contributed by atoms with E-state index in [2.05, 4.69) is 111 Å². The molecule has 8 atom stereocenters. The molecule has 10 amide bonds. The first-order valence-electron chi connectivity index (χ1n) is 53.3. The number of quaternary nitrogens is 5. The highest BCUT2D eigenvalue weighted by molar-refractivity contribution is 5.84. The number of halogens is 4. The molecule has 0 heterocycles. The summed E-state index contributed by atoms with van der Waals surface area (Å²) in [7, 11) is 33.0. The van der Waals surface area contributed by atoms with Crippen LogP contribution in [0.4, 0.5) is 4.79 Å². The van der Waals surface area contributed by atoms with Crippen LogP contribution >= 0.6 is 0 Å². The van der Waals surface area contributed by atoms with Gasteiger partial charge < -0.3 is 157 Å². The Morgan fingerprint density at radius 2 is 0.427 bits per heavy atom. The maximum absolute atomic E-state index is 11.7. The quantitative estimate of drug-likeness (QED) is 0.0236. The lowest BCUT2D eigenvalue weighted by molar-refractivity contribution is -0.870. The molecule has 0 aromatic heterocycles. The van der Waals surface area contributed by atoms with Gasteiger partial charge in [0.25, 0.3) is 6.09 Å². The SMILES string of the molecule is CCC(C)(C)C(=O)NCCC[N+](C)(C)C.CCC(C)(C)C(=O)NCCC[N+](C)(C)C.CCC(C)(C)C(=O)NCCC[N+](C)(C)C.CCC(C)(C)C(=O)NCCC[N+](C)(C)C.CCC(C)(C)C(=O)NCCC[N+](C)(C)C(=O)[O-].CCC(C)(C)C(=O)OCCN(C)C.CCC(C)C(=O)O.CCC(C)C(=O)O.CCC(C)C(=O)O.CCC(C)C(=O)O.CCC(C)C(N)=O.CCC(C)C(N)=O.CCC(C)C(N)=O.CCC(C)C(N)=O.[Cl-].[Cl-].[Cl-].[Cl-]. The molecule has 0 fully saturated rings. The van der Waals surface area contributed by atoms with E-state index >= 15 is 0 Å². The van der Waals surface area contributed by atoms with Crippen LogP contribution < -0.4 is 104 Å². The Morgan fingerprint density at radius 3 is 0.520 bits per heavy atom. The number of carboxylic acid groups (broad SMARTS) is 5. The van der Waals surface area contributed by atoms with E-state index in [-0.39, 0.29) is 193 Å². The van der Waals surface area contributed by atoms with Crippen molar-refractivity contribution in [3.05, 3.63) is 0 Å². The topological polar surface area (TPSA) is 537 Å². The van der Waals surface area contributed by atoms with E-state index in [1.165, 1.54) is 0 Å². The first-order valence-corrected chi connectivity index (χ1v) is 53.3. The molecular weight excluding hydrogens is 2010 g/mol. The average Bonchev–Trinajstić information content (AvgIpc) is 0.920. The number of hydrogen-bond acceptors (Lipinski definition) is 18. The van der Waals surface area contributed by atoms with Gasteiger partial charge in [0.15, 0.2) is 0 Å². The predicted octanol–water partition coefficient (Wildman–Crippen LogP) is 2.97. The molecule has 8 unspecified atom stereocenters. The number of esters is 1. The predicted molar refractivity (Wildman–Crippen MR) is 599 cm³/mol. The summed E-state index contributed by atoms with van der Waals surface area (Å²) in [6.45, 7) is 74.6. The highest BCUT2D eigenvalue weighted by Crippen LogP contribution is 2.25. The molecule has 0 saturated carbocycles. The zero-order chi connectivity index (χ0) is 120. The number of nitrogens with zero attached hydrogens (tertiary/aromatic N) is 6. The highest BCUT2D eigenvalue weighted by Gasteiger charge is 2.31. The van der Waals surface area contributed by atoms with E-state index in [0.29, 0.717) is 26.1 Å². The van der Waals surface area contributed by atoms with Crippen LogP contribution in [0.25, 0.3) is 0 Å². The number of carbonyl (C=O) groups excluding carboxylic acids is 11. The minimum Gasteiger partial charge on any atom is -1.00 e. The van der Waals surface area contributed by atoms with Crippen molar-refractivity contribution in [2.75, 3.05) is 191 Å². The molecule has 0 aliphatic carbocycles. The van der Waals surface area contributed by atoms with E-state index in [0.717, 1.165) is 192 Å². The van der Waals surface area contributed by atoms with Crippen molar-refractivity contribution in [1.82, 2.24) is 31.5 Å². The number of hydrogen-bond donors (Lipinski definition) is 13. The van der Waals surface area contributed by atoms with Crippen LogP contribution in [0.1, 0.15) is 357 Å². The van der Waals surface area contributed by atoms with Gasteiger partial charge in [0.2, 0.25) is 53.2 Å². The van der Waals surface area contributed by atoms with Crippen LogP contribution in [0, 0.1) is 79.8 Å². The Labute approximate surface area is 940 Å². The minimum absolute atomic E-state index is 0. The van der Waals surface area contributed by atoms with E-state index in [4.69, 9.17) is 48.1 Å². The summed E-state index contributed by atoms with van der Waals surface area (Å²) in [5.41, 5.74) is 18.0. The van der Waals surface area contributed by atoms with Crippen molar-refractivity contribution < 1.29 is 174 Å². The summed E-state index contributed by atoms with van der Waals surface area (Å²) in [5.74, 6) is -3.60. The second kappa shape index (κ2) is 100.0. The fourth-order valence-electron chi connectivity index (χ4n) is 7.95. The average molecular weight is 2250 g/mol. The minimum atomic E-state index is -1.11. The molecule has 0 rings (SSSR count). The number of rotatable bonds is 51. The van der Waals surface area contributed by atoms with Gasteiger partial charge in [0, 0.05) is 122 Å². The fourth-order valence-corrected chi connectivity index (χ4v) is 7.95. The second-order valence-electron chi connectivity index (χ2n) is 46.6. The number of likely N-dealkylation sites (N-methyl/N-ethyl adjacent to an activating group) is 1. The van der Waals surface area contributed by atoms with Gasteiger partial charge in [-0.2, -0.15) is 0 Å². The number of ether oxygens (including phenoxy) is 1. The smallest absolute Gasteiger partial charge is 0.311 e. The third-order valence-electron chi connectivity index (χ3n) is 25.1. The number of carboxylic acids is 4. The van der Waals surface area contributed by atoms with Gasteiger partial charge in [-0.3, -0.25) is 71.6 Å². The lowest BCUT2D eigenvalue weighted by atomic mass is 9.89. The van der Waals surface area contributed by atoms with E-state index < -0.39 is 30.0 Å². The Bertz CT molecular complexity index is 3050. The summed E-state index contributed by atoms with van der Waals surface area (Å²) < 4.78 is 8.75. The maximum Gasteiger partial charge on any atom is 0.311 e. The van der Waals surface area contributed by atoms with E-state index in [1.807, 2.05) is 227 Å². The van der Waals surface area contributed by atoms with Gasteiger partial charge >= 0.3 is 29.8 Å². The Morgan fingerprint density at radius 1 is 0.280 bits per heavy atom. The van der Waals surface area contributed by atoms with Crippen molar-refractivity contribution >= 4 is 89.1 Å². The molecule has 0 saturated heterocycles. The highest BCUT2D eigenvalue weighted by atomic mass is 35.5. The van der Waals surface area contributed by atoms with E-state index in [1.54, 1.807) is 41.8 Å². The van der Waals surface area contributed by atoms with E-state index in [9.17, 15) is 77.0 Å². The fraction of sp³-hybridized carbons (Fsp3) is 0.864. The van der Waals surface area contributed by atoms with Crippen LogP contribution in [-0.2, 0) is 71.9 Å². The van der Waals surface area contributed by atoms with Crippen molar-refractivity contribution in [1.29, 1.82) is 0 Å². The zero-order valence-corrected chi connectivity index (χ0v) is 108. The lowest BCUT2D eigenvalue weighted by Gasteiger charge is -2.29. The molecular formula is C110H237Cl4N15O21. The number of carbonyl (C=O) groups is 15. The van der Waals surface area contributed by atoms with Crippen LogP contribution in [0.2, 0.25) is 0 Å². The Balaban J connectivity index is -0.0000000791. The van der Waals surface area contributed by atoms with Crippen molar-refractivity contribution in [2.45, 2.75) is 357 Å². The number of amides is 10. The van der Waals surface area contributed by atoms with Gasteiger partial charge in [0.1, 0.15) is 6.61 Å². The molecule has 0 spiro atoms. The van der Waals surface area contributed by atoms with Gasteiger partial charge in [-0.1, -0.05) is 222 Å². The number of primary amides is 4. The molecule has 150 heavy (non-hydrogen) atoms. The summed E-state index contributed by atoms with van der Waals surface area (Å²) in [5, 5.41) is 58.3. The summed E-state index contributed by atoms with van der Waals surface area (Å²) in [6, 6.07) is 0. The third kappa shape index (κ3) is 128. The molecule has 906 valence electrons. The number of nitrogens with two attached hydrogens (primary N) is 4. The Kier molecular flexibility index (Phi) is 123. The van der Waals surface area contributed by atoms with Gasteiger partial charge in [-0.15, -0.1) is 0 Å². The molecule has 36 nitrogen and oxygen atoms in total. The van der Waals surface area contributed by atoms with Crippen LogP contribution in [0.3, 0.4) is 0 Å². The largest absolute Gasteiger partial charge is 1.00 e. The van der Waals surface area contributed by atoms with Crippen molar-refractivity contribution in [3.8, 4) is 0 Å². The lowest BCUT2D eigenvalue weighted by Crippen LogP contribution is -3.00. The van der Waals surface area contributed by atoms with Gasteiger partial charge in [-0.05, 0) is 118 Å². The Hall–Kier alpha value is -7.03. The summed E-state index contributed by atoms with van der Waals surface area (Å²) in [6.07, 6.45) is 15.0. The van der Waals surface area contributed by atoms with Crippen LogP contribution in [0.5, 0.6) is 0 Å².